The molecule has 0 spiro atoms. The van der Waals surface area contributed by atoms with Crippen molar-refractivity contribution in [3.05, 3.63) is 59.4 Å². The molecule has 20 heavy (non-hydrogen) atoms. The van der Waals surface area contributed by atoms with Crippen LogP contribution in [0, 0.1) is 5.82 Å². The number of para-hydroxylation sites is 1. The molecule has 2 N–H and O–H groups in total. The molecule has 106 valence electrons. The van der Waals surface area contributed by atoms with E-state index in [2.05, 4.69) is 0 Å². The average Bonchev–Trinajstić information content (AvgIpc) is 2.49. The van der Waals surface area contributed by atoms with Crippen molar-refractivity contribution in [2.45, 2.75) is 13.1 Å². The molecule has 0 unspecified atom stereocenters. The van der Waals surface area contributed by atoms with E-state index < -0.39 is 0 Å². The zero-order valence-electron chi connectivity index (χ0n) is 11.8. The van der Waals surface area contributed by atoms with Gasteiger partial charge in [0.05, 0.1) is 7.11 Å². The van der Waals surface area contributed by atoms with Crippen LogP contribution in [-0.4, -0.2) is 14.2 Å². The summed E-state index contributed by atoms with van der Waals surface area (Å²) in [5.41, 5.74) is 8.42. The van der Waals surface area contributed by atoms with E-state index in [1.165, 1.54) is 13.2 Å². The van der Waals surface area contributed by atoms with Crippen molar-refractivity contribution in [1.29, 1.82) is 0 Å². The normalized spacial score (nSPS) is 10.4. The van der Waals surface area contributed by atoms with Crippen LogP contribution in [-0.2, 0) is 13.1 Å². The predicted octanol–water partition coefficient (Wildman–Crippen LogP) is 2.93. The molecule has 0 atom stereocenters. The number of halogens is 1. The molecule has 0 fully saturated rings. The Morgan fingerprint density at radius 3 is 2.55 bits per heavy atom. The van der Waals surface area contributed by atoms with Gasteiger partial charge < -0.3 is 15.4 Å². The molecule has 0 radical (unpaired) electrons. The second kappa shape index (κ2) is 6.39. The Hall–Kier alpha value is -2.07. The Morgan fingerprint density at radius 2 is 1.90 bits per heavy atom. The van der Waals surface area contributed by atoms with Gasteiger partial charge in [0.25, 0.3) is 0 Å². The number of methoxy groups -OCH3 is 1. The molecule has 3 nitrogen and oxygen atoms in total. The van der Waals surface area contributed by atoms with Gasteiger partial charge in [-0.3, -0.25) is 0 Å². The van der Waals surface area contributed by atoms with Crippen molar-refractivity contribution >= 4 is 5.69 Å². The summed E-state index contributed by atoms with van der Waals surface area (Å²) >= 11 is 0. The summed E-state index contributed by atoms with van der Waals surface area (Å²) in [6.07, 6.45) is 0. The number of nitrogens with two attached hydrogens (primary N) is 1. The number of ether oxygens (including phenoxy) is 1. The summed E-state index contributed by atoms with van der Waals surface area (Å²) in [4.78, 5) is 1.99. The third-order valence-electron chi connectivity index (χ3n) is 3.29. The van der Waals surface area contributed by atoms with E-state index in [0.717, 1.165) is 11.3 Å². The summed E-state index contributed by atoms with van der Waals surface area (Å²) in [6, 6.07) is 12.8. The molecular formula is C16H19FN2O. The lowest BCUT2D eigenvalue weighted by atomic mass is 10.1. The van der Waals surface area contributed by atoms with Gasteiger partial charge in [-0.05, 0) is 17.7 Å². The summed E-state index contributed by atoms with van der Waals surface area (Å²) in [7, 11) is 3.45. The molecule has 0 heterocycles. The number of anilines is 1. The van der Waals surface area contributed by atoms with Gasteiger partial charge in [0, 0.05) is 37.5 Å². The Balaban J connectivity index is 2.21. The number of nitrogens with zero attached hydrogens (tertiary/aromatic N) is 1. The minimum Gasteiger partial charge on any atom is -0.497 e. The van der Waals surface area contributed by atoms with E-state index >= 15 is 0 Å². The molecule has 4 heteroatoms. The highest BCUT2D eigenvalue weighted by Gasteiger charge is 2.10. The van der Waals surface area contributed by atoms with E-state index in [0.29, 0.717) is 24.4 Å². The van der Waals surface area contributed by atoms with E-state index in [1.807, 2.05) is 36.2 Å². The summed E-state index contributed by atoms with van der Waals surface area (Å²) in [5, 5.41) is 0. The van der Waals surface area contributed by atoms with Crippen LogP contribution in [0.1, 0.15) is 11.1 Å². The van der Waals surface area contributed by atoms with Crippen LogP contribution < -0.4 is 15.4 Å². The second-order valence-electron chi connectivity index (χ2n) is 4.65. The van der Waals surface area contributed by atoms with Crippen LogP contribution in [0.3, 0.4) is 0 Å². The van der Waals surface area contributed by atoms with Crippen LogP contribution in [0.15, 0.2) is 42.5 Å². The molecule has 2 aromatic carbocycles. The van der Waals surface area contributed by atoms with E-state index in [-0.39, 0.29) is 5.82 Å². The van der Waals surface area contributed by atoms with Crippen molar-refractivity contribution in [3.8, 4) is 5.75 Å². The Bertz CT molecular complexity index is 586. The maximum Gasteiger partial charge on any atom is 0.131 e. The van der Waals surface area contributed by atoms with Crippen molar-refractivity contribution in [1.82, 2.24) is 0 Å². The van der Waals surface area contributed by atoms with Crippen LogP contribution in [0.5, 0.6) is 5.75 Å². The molecule has 0 aromatic heterocycles. The van der Waals surface area contributed by atoms with Gasteiger partial charge in [-0.25, -0.2) is 4.39 Å². The number of benzene rings is 2. The molecule has 0 amide bonds. The largest absolute Gasteiger partial charge is 0.497 e. The Morgan fingerprint density at radius 1 is 1.15 bits per heavy atom. The smallest absolute Gasteiger partial charge is 0.131 e. The predicted molar refractivity (Wildman–Crippen MR) is 79.4 cm³/mol. The molecule has 2 rings (SSSR count). The molecule has 0 bridgehead atoms. The van der Waals surface area contributed by atoms with Gasteiger partial charge in [-0.15, -0.1) is 0 Å². The molecule has 0 aliphatic rings. The zero-order chi connectivity index (χ0) is 14.5. The van der Waals surface area contributed by atoms with Gasteiger partial charge >= 0.3 is 0 Å². The first-order valence-electron chi connectivity index (χ1n) is 6.47. The van der Waals surface area contributed by atoms with Crippen molar-refractivity contribution in [2.24, 2.45) is 5.73 Å². The maximum atomic E-state index is 14.0. The quantitative estimate of drug-likeness (QED) is 0.911. The van der Waals surface area contributed by atoms with Gasteiger partial charge in [0.2, 0.25) is 0 Å². The van der Waals surface area contributed by atoms with Crippen molar-refractivity contribution in [3.63, 3.8) is 0 Å². The molecule has 2 aromatic rings. The third-order valence-corrected chi connectivity index (χ3v) is 3.29. The number of hydrogen-bond acceptors (Lipinski definition) is 3. The fraction of sp³-hybridized carbons (Fsp3) is 0.250. The number of rotatable bonds is 5. The molecular weight excluding hydrogens is 255 g/mol. The number of hydrogen-bond donors (Lipinski definition) is 1. The lowest BCUT2D eigenvalue weighted by Crippen LogP contribution is -2.19. The highest BCUT2D eigenvalue weighted by Crippen LogP contribution is 2.23. The molecule has 0 aliphatic carbocycles. The monoisotopic (exact) mass is 274 g/mol. The van der Waals surface area contributed by atoms with Crippen LogP contribution in [0.2, 0.25) is 0 Å². The van der Waals surface area contributed by atoms with Crippen LogP contribution in [0.25, 0.3) is 0 Å². The maximum absolute atomic E-state index is 14.0. The fourth-order valence-corrected chi connectivity index (χ4v) is 2.18. The second-order valence-corrected chi connectivity index (χ2v) is 4.65. The van der Waals surface area contributed by atoms with Gasteiger partial charge in [-0.1, -0.05) is 24.3 Å². The first-order valence-corrected chi connectivity index (χ1v) is 6.47. The zero-order valence-corrected chi connectivity index (χ0v) is 11.8. The standard InChI is InChI=1S/C16H19FN2O/c1-19(16-6-4-3-5-12(16)10-18)11-13-7-8-14(20-2)9-15(13)17/h3-9H,10-11,18H2,1-2H3. The van der Waals surface area contributed by atoms with Crippen molar-refractivity contribution < 1.29 is 9.13 Å². The minimum atomic E-state index is -0.263. The Labute approximate surface area is 118 Å². The van der Waals surface area contributed by atoms with Crippen LogP contribution in [0.4, 0.5) is 10.1 Å². The van der Waals surface area contributed by atoms with Gasteiger partial charge in [-0.2, -0.15) is 0 Å². The topological polar surface area (TPSA) is 38.5 Å². The first-order chi connectivity index (χ1) is 9.65. The fourth-order valence-electron chi connectivity index (χ4n) is 2.18. The van der Waals surface area contributed by atoms with E-state index in [9.17, 15) is 4.39 Å². The molecule has 0 saturated carbocycles. The molecule has 0 saturated heterocycles. The Kier molecular flexibility index (Phi) is 4.58. The van der Waals surface area contributed by atoms with E-state index in [4.69, 9.17) is 10.5 Å². The highest BCUT2D eigenvalue weighted by molar-refractivity contribution is 5.53. The summed E-state index contributed by atoms with van der Waals surface area (Å²) in [5.74, 6) is 0.262. The van der Waals surface area contributed by atoms with Crippen molar-refractivity contribution in [2.75, 3.05) is 19.1 Å². The minimum absolute atomic E-state index is 0.263. The average molecular weight is 274 g/mol. The van der Waals surface area contributed by atoms with Crippen LogP contribution >= 0.6 is 0 Å². The highest BCUT2D eigenvalue weighted by atomic mass is 19.1. The summed E-state index contributed by atoms with van der Waals surface area (Å²) in [6.45, 7) is 0.943. The lowest BCUT2D eigenvalue weighted by molar-refractivity contribution is 0.410. The molecule has 0 aliphatic heterocycles. The first kappa shape index (κ1) is 14.3. The van der Waals surface area contributed by atoms with Gasteiger partial charge in [0.1, 0.15) is 11.6 Å². The summed E-state index contributed by atoms with van der Waals surface area (Å²) < 4.78 is 19.0. The SMILES string of the molecule is COc1ccc(CN(C)c2ccccc2CN)c(F)c1. The third kappa shape index (κ3) is 3.08. The lowest BCUT2D eigenvalue weighted by Gasteiger charge is -2.22. The van der Waals surface area contributed by atoms with Gasteiger partial charge in [0.15, 0.2) is 0 Å². The van der Waals surface area contributed by atoms with E-state index in [1.54, 1.807) is 12.1 Å².